The van der Waals surface area contributed by atoms with Crippen LogP contribution in [0.15, 0.2) is 10.3 Å². The first kappa shape index (κ1) is 22.6. The van der Waals surface area contributed by atoms with Crippen molar-refractivity contribution < 1.29 is 19.1 Å². The molecule has 0 aromatic carbocycles. The van der Waals surface area contributed by atoms with Gasteiger partial charge in [0.05, 0.1) is 13.2 Å². The van der Waals surface area contributed by atoms with Gasteiger partial charge in [-0.2, -0.15) is 18.7 Å². The monoisotopic (exact) mass is 464 g/mol. The molecular formula is C14H20N6O4S4. The van der Waals surface area contributed by atoms with Crippen molar-refractivity contribution in [1.29, 1.82) is 0 Å². The predicted octanol–water partition coefficient (Wildman–Crippen LogP) is 3.18. The smallest absolute Gasteiger partial charge is 0.293 e. The number of carbonyl (C=O) groups is 2. The zero-order chi connectivity index (χ0) is 20.5. The number of thioether (sulfide) groups is 2. The second-order valence-electron chi connectivity index (χ2n) is 5.61. The molecule has 0 aliphatic carbocycles. The number of ether oxygens (including phenoxy) is 2. The molecule has 14 heteroatoms. The highest BCUT2D eigenvalue weighted by Crippen LogP contribution is 2.24. The normalized spacial score (nSPS) is 10.6. The Labute approximate surface area is 179 Å². The van der Waals surface area contributed by atoms with E-state index in [1.54, 1.807) is 28.2 Å². The minimum atomic E-state index is -0.134. The van der Waals surface area contributed by atoms with E-state index in [4.69, 9.17) is 9.47 Å². The SMILES string of the molecule is CN(C)C(=O)Sc1nsc(OCCCCOc2nc(SC(=O)N(C)C)ns2)n1. The van der Waals surface area contributed by atoms with E-state index >= 15 is 0 Å². The van der Waals surface area contributed by atoms with Crippen LogP contribution >= 0.6 is 46.6 Å². The van der Waals surface area contributed by atoms with Crippen LogP contribution in [0.3, 0.4) is 0 Å². The average molecular weight is 465 g/mol. The third-order valence-electron chi connectivity index (χ3n) is 2.85. The van der Waals surface area contributed by atoms with Crippen molar-refractivity contribution >= 4 is 57.1 Å². The Kier molecular flexibility index (Phi) is 9.21. The maximum absolute atomic E-state index is 11.6. The lowest BCUT2D eigenvalue weighted by molar-refractivity contribution is 0.240. The topological polar surface area (TPSA) is 111 Å². The quantitative estimate of drug-likeness (QED) is 0.405. The summed E-state index contributed by atoms with van der Waals surface area (Å²) in [6.45, 7) is 0.942. The maximum Gasteiger partial charge on any atom is 0.293 e. The standard InChI is InChI=1S/C14H20N6O4S4/c1-19(2)13(21)25-9-15-11(27-17-9)23-7-5-6-8-24-12-16-10(18-28-12)26-14(22)20(3)4/h5-8H2,1-4H3. The maximum atomic E-state index is 11.6. The van der Waals surface area contributed by atoms with Crippen molar-refractivity contribution in [2.45, 2.75) is 23.2 Å². The van der Waals surface area contributed by atoms with Gasteiger partial charge in [-0.05, 0) is 12.8 Å². The summed E-state index contributed by atoms with van der Waals surface area (Å²) in [5.41, 5.74) is 0. The van der Waals surface area contributed by atoms with Gasteiger partial charge in [0.2, 0.25) is 10.3 Å². The predicted molar refractivity (Wildman–Crippen MR) is 110 cm³/mol. The Morgan fingerprint density at radius 1 is 0.821 bits per heavy atom. The van der Waals surface area contributed by atoms with Gasteiger partial charge >= 0.3 is 0 Å². The summed E-state index contributed by atoms with van der Waals surface area (Å²) in [6, 6.07) is 0. The molecule has 2 heterocycles. The molecule has 10 nitrogen and oxygen atoms in total. The summed E-state index contributed by atoms with van der Waals surface area (Å²) in [4.78, 5) is 34.4. The molecule has 0 spiro atoms. The van der Waals surface area contributed by atoms with Crippen LogP contribution in [0, 0.1) is 0 Å². The Balaban J connectivity index is 1.60. The van der Waals surface area contributed by atoms with Gasteiger partial charge < -0.3 is 19.3 Å². The van der Waals surface area contributed by atoms with E-state index in [9.17, 15) is 9.59 Å². The first-order valence-electron chi connectivity index (χ1n) is 8.06. The van der Waals surface area contributed by atoms with Gasteiger partial charge in [-0.1, -0.05) is 0 Å². The molecule has 0 saturated heterocycles. The molecule has 0 saturated carbocycles. The number of amides is 2. The van der Waals surface area contributed by atoms with Crippen molar-refractivity contribution in [2.75, 3.05) is 41.4 Å². The lowest BCUT2D eigenvalue weighted by Gasteiger charge is -2.06. The molecule has 0 N–H and O–H groups in total. The number of hydrogen-bond donors (Lipinski definition) is 0. The van der Waals surface area contributed by atoms with Crippen molar-refractivity contribution in [3.63, 3.8) is 0 Å². The van der Waals surface area contributed by atoms with E-state index in [1.165, 1.54) is 9.80 Å². The van der Waals surface area contributed by atoms with Crippen LogP contribution in [0.5, 0.6) is 10.4 Å². The van der Waals surface area contributed by atoms with Gasteiger partial charge in [-0.3, -0.25) is 9.59 Å². The number of aromatic nitrogens is 4. The Hall–Kier alpha value is -1.64. The molecule has 0 aliphatic rings. The summed E-state index contributed by atoms with van der Waals surface area (Å²) in [6.07, 6.45) is 1.52. The number of hydrogen-bond acceptors (Lipinski definition) is 12. The third kappa shape index (κ3) is 7.77. The molecule has 2 aromatic rings. The fourth-order valence-electron chi connectivity index (χ4n) is 1.46. The lowest BCUT2D eigenvalue weighted by Crippen LogP contribution is -2.16. The molecule has 0 radical (unpaired) electrons. The van der Waals surface area contributed by atoms with E-state index in [1.807, 2.05) is 0 Å². The molecule has 0 fully saturated rings. The van der Waals surface area contributed by atoms with E-state index in [-0.39, 0.29) is 10.5 Å². The molecule has 2 rings (SSSR count). The second kappa shape index (κ2) is 11.4. The molecule has 28 heavy (non-hydrogen) atoms. The highest BCUT2D eigenvalue weighted by atomic mass is 32.2. The lowest BCUT2D eigenvalue weighted by atomic mass is 10.3. The van der Waals surface area contributed by atoms with E-state index in [0.717, 1.165) is 59.4 Å². The average Bonchev–Trinajstić information content (AvgIpc) is 3.27. The minimum Gasteiger partial charge on any atom is -0.469 e. The second-order valence-corrected chi connectivity index (χ2v) is 8.88. The number of rotatable bonds is 9. The van der Waals surface area contributed by atoms with Crippen LogP contribution in [-0.4, -0.2) is 80.4 Å². The van der Waals surface area contributed by atoms with Crippen LogP contribution in [0.2, 0.25) is 0 Å². The number of carbonyl (C=O) groups excluding carboxylic acids is 2. The number of nitrogens with zero attached hydrogens (tertiary/aromatic N) is 6. The zero-order valence-electron chi connectivity index (χ0n) is 15.8. The van der Waals surface area contributed by atoms with Crippen molar-refractivity contribution in [3.05, 3.63) is 0 Å². The minimum absolute atomic E-state index is 0.134. The summed E-state index contributed by atoms with van der Waals surface area (Å²) < 4.78 is 19.2. The molecule has 0 atom stereocenters. The Morgan fingerprint density at radius 3 is 1.57 bits per heavy atom. The van der Waals surface area contributed by atoms with Crippen LogP contribution in [-0.2, 0) is 0 Å². The zero-order valence-corrected chi connectivity index (χ0v) is 19.0. The van der Waals surface area contributed by atoms with Crippen molar-refractivity contribution in [3.8, 4) is 10.4 Å². The molecule has 0 aliphatic heterocycles. The summed E-state index contributed by atoms with van der Waals surface area (Å²) in [5.74, 6) is 0. The summed E-state index contributed by atoms with van der Waals surface area (Å²) in [7, 11) is 6.69. The first-order chi connectivity index (χ1) is 13.3. The van der Waals surface area contributed by atoms with Crippen molar-refractivity contribution in [2.24, 2.45) is 0 Å². The molecule has 0 unspecified atom stereocenters. The number of unbranched alkanes of at least 4 members (excludes halogenated alkanes) is 1. The fraction of sp³-hybridized carbons (Fsp3) is 0.571. The highest BCUT2D eigenvalue weighted by Gasteiger charge is 2.13. The van der Waals surface area contributed by atoms with Gasteiger partial charge in [0, 0.05) is 74.8 Å². The summed E-state index contributed by atoms with van der Waals surface area (Å²) in [5, 5.41) is 1.38. The van der Waals surface area contributed by atoms with Crippen molar-refractivity contribution in [1.82, 2.24) is 28.5 Å². The first-order valence-corrected chi connectivity index (χ1v) is 11.2. The Bertz CT molecular complexity index is 717. The Morgan fingerprint density at radius 2 is 1.21 bits per heavy atom. The van der Waals surface area contributed by atoms with Crippen LogP contribution in [0.4, 0.5) is 9.59 Å². The van der Waals surface area contributed by atoms with Crippen LogP contribution < -0.4 is 9.47 Å². The van der Waals surface area contributed by atoms with Gasteiger partial charge in [0.25, 0.3) is 20.9 Å². The van der Waals surface area contributed by atoms with Gasteiger partial charge in [-0.15, -0.1) is 0 Å². The molecule has 0 bridgehead atoms. The van der Waals surface area contributed by atoms with Crippen LogP contribution in [0.1, 0.15) is 12.8 Å². The van der Waals surface area contributed by atoms with E-state index in [0.29, 0.717) is 33.9 Å². The fourth-order valence-corrected chi connectivity index (χ4v) is 3.95. The summed E-state index contributed by atoms with van der Waals surface area (Å²) >= 11 is 4.16. The molecular weight excluding hydrogens is 444 g/mol. The molecule has 154 valence electrons. The van der Waals surface area contributed by atoms with Gasteiger partial charge in [0.1, 0.15) is 0 Å². The van der Waals surface area contributed by atoms with Gasteiger partial charge in [0.15, 0.2) is 0 Å². The molecule has 2 amide bonds. The third-order valence-corrected chi connectivity index (χ3v) is 6.15. The largest absolute Gasteiger partial charge is 0.469 e. The highest BCUT2D eigenvalue weighted by molar-refractivity contribution is 8.13. The van der Waals surface area contributed by atoms with Gasteiger partial charge in [-0.25, -0.2) is 0 Å². The van der Waals surface area contributed by atoms with E-state index < -0.39 is 0 Å². The molecule has 2 aromatic heterocycles. The van der Waals surface area contributed by atoms with Crippen LogP contribution in [0.25, 0.3) is 0 Å². The van der Waals surface area contributed by atoms with E-state index in [2.05, 4.69) is 18.7 Å².